The summed E-state index contributed by atoms with van der Waals surface area (Å²) in [6.45, 7) is -2.78. The summed E-state index contributed by atoms with van der Waals surface area (Å²) >= 11 is 1.58. The molecule has 0 amide bonds. The molecule has 1 aromatic rings. The Morgan fingerprint density at radius 3 is 2.50 bits per heavy atom. The first kappa shape index (κ1) is 11.9. The molecular weight excluding hydrogens is 200 g/mol. The largest absolute Gasteiger partial charge is 1.00 e. The molecule has 1 heterocycles. The Hall–Kier alpha value is -0.134. The first-order chi connectivity index (χ1) is 5.18. The maximum absolute atomic E-state index is 11.6. The molecule has 0 saturated heterocycles. The SMILES string of the molecule is FC(F)Oc1cc[c]([Mg+])nc1.[Cl-]. The molecule has 0 fully saturated rings. The summed E-state index contributed by atoms with van der Waals surface area (Å²) in [6.07, 6.45) is 1.27. The minimum absolute atomic E-state index is 0. The van der Waals surface area contributed by atoms with Crippen LogP contribution in [0.4, 0.5) is 8.78 Å². The van der Waals surface area contributed by atoms with Crippen LogP contribution < -0.4 is 21.0 Å². The molecule has 0 aromatic carbocycles. The van der Waals surface area contributed by atoms with Gasteiger partial charge in [0.25, 0.3) is 0 Å². The molecule has 1 aromatic heterocycles. The maximum atomic E-state index is 11.6. The zero-order valence-corrected chi connectivity index (χ0v) is 8.18. The molecule has 0 aliphatic heterocycles. The van der Waals surface area contributed by atoms with Crippen molar-refractivity contribution in [1.29, 1.82) is 0 Å². The number of rotatable bonds is 2. The number of pyridine rings is 1. The molecule has 6 heteroatoms. The van der Waals surface area contributed by atoms with Crippen LogP contribution in [0.15, 0.2) is 18.3 Å². The van der Waals surface area contributed by atoms with Crippen molar-refractivity contribution in [2.45, 2.75) is 6.61 Å². The molecule has 1 rings (SSSR count). The molecule has 0 atom stereocenters. The molecule has 0 N–H and O–H groups in total. The Balaban J connectivity index is 0.00000121. The summed E-state index contributed by atoms with van der Waals surface area (Å²) in [5.74, 6) is 0.0930. The molecule has 2 nitrogen and oxygen atoms in total. The van der Waals surface area contributed by atoms with E-state index < -0.39 is 6.61 Å². The summed E-state index contributed by atoms with van der Waals surface area (Å²) in [7, 11) is 0. The van der Waals surface area contributed by atoms with Gasteiger partial charge in [-0.1, -0.05) is 0 Å². The molecule has 0 spiro atoms. The molecule has 62 valence electrons. The van der Waals surface area contributed by atoms with Gasteiger partial charge in [0.1, 0.15) is 0 Å². The van der Waals surface area contributed by atoms with Gasteiger partial charge < -0.3 is 12.4 Å². The van der Waals surface area contributed by atoms with Gasteiger partial charge in [-0.05, 0) is 0 Å². The van der Waals surface area contributed by atoms with Crippen molar-refractivity contribution in [2.24, 2.45) is 0 Å². The Kier molecular flexibility index (Phi) is 5.44. The molecule has 0 unspecified atom stereocenters. The van der Waals surface area contributed by atoms with Gasteiger partial charge in [0.2, 0.25) is 0 Å². The smallest absolute Gasteiger partial charge is 1.00 e. The number of aromatic nitrogens is 1. The molecular formula is C6H4ClF2MgNO. The average molecular weight is 204 g/mol. The maximum Gasteiger partial charge on any atom is -1.00 e. The first-order valence-corrected chi connectivity index (χ1v) is 3.62. The van der Waals surface area contributed by atoms with Crippen LogP contribution in [0.5, 0.6) is 5.75 Å². The van der Waals surface area contributed by atoms with E-state index in [2.05, 4.69) is 9.72 Å². The number of ether oxygens (including phenoxy) is 1. The molecule has 0 radical (unpaired) electrons. The van der Waals surface area contributed by atoms with Crippen LogP contribution in [0.1, 0.15) is 0 Å². The van der Waals surface area contributed by atoms with Crippen molar-refractivity contribution in [3.63, 3.8) is 0 Å². The summed E-state index contributed by atoms with van der Waals surface area (Å²) in [4.78, 5) is 3.79. The quantitative estimate of drug-likeness (QED) is 0.496. The second kappa shape index (κ2) is 5.50. The van der Waals surface area contributed by atoms with Gasteiger partial charge in [-0.2, -0.15) is 0 Å². The normalized spacial score (nSPS) is 9.42. The van der Waals surface area contributed by atoms with E-state index in [0.717, 1.165) is 3.82 Å². The first-order valence-electron chi connectivity index (χ1n) is 2.91. The summed E-state index contributed by atoms with van der Waals surface area (Å²) in [5.41, 5.74) is 0. The Morgan fingerprint density at radius 2 is 2.08 bits per heavy atom. The van der Waals surface area contributed by atoms with Crippen LogP contribution in [0, 0.1) is 0 Å². The molecule has 0 aliphatic rings. The minimum atomic E-state index is -2.78. The van der Waals surface area contributed by atoms with Crippen molar-refractivity contribution in [3.8, 4) is 5.75 Å². The average Bonchev–Trinajstić information content (AvgIpc) is 1.93. The summed E-state index contributed by atoms with van der Waals surface area (Å²) < 4.78 is 28.0. The zero-order chi connectivity index (χ0) is 8.27. The van der Waals surface area contributed by atoms with Crippen LogP contribution in [-0.4, -0.2) is 33.3 Å². The fourth-order valence-electron chi connectivity index (χ4n) is 0.584. The van der Waals surface area contributed by atoms with Gasteiger partial charge >= 0.3 is 74.7 Å². The van der Waals surface area contributed by atoms with E-state index in [1.165, 1.54) is 12.3 Å². The van der Waals surface area contributed by atoms with Gasteiger partial charge in [0, 0.05) is 0 Å². The predicted molar refractivity (Wildman–Crippen MR) is 36.3 cm³/mol. The van der Waals surface area contributed by atoms with Gasteiger partial charge in [-0.25, -0.2) is 0 Å². The number of hydrogen-bond donors (Lipinski definition) is 0. The van der Waals surface area contributed by atoms with Gasteiger partial charge in [0.15, 0.2) is 0 Å². The van der Waals surface area contributed by atoms with Crippen LogP contribution in [0.3, 0.4) is 0 Å². The number of nitrogens with zero attached hydrogens (tertiary/aromatic N) is 1. The van der Waals surface area contributed by atoms with Crippen molar-refractivity contribution in [3.05, 3.63) is 18.3 Å². The van der Waals surface area contributed by atoms with Crippen molar-refractivity contribution < 1.29 is 25.9 Å². The fraction of sp³-hybridized carbons (Fsp3) is 0.167. The molecule has 0 aliphatic carbocycles. The third-order valence-electron chi connectivity index (χ3n) is 1.02. The van der Waals surface area contributed by atoms with Crippen molar-refractivity contribution >= 4 is 25.5 Å². The van der Waals surface area contributed by atoms with Crippen molar-refractivity contribution in [2.75, 3.05) is 0 Å². The Morgan fingerprint density at radius 1 is 1.42 bits per heavy atom. The number of alkyl halides is 2. The number of hydrogen-bond acceptors (Lipinski definition) is 2. The van der Waals surface area contributed by atoms with Crippen LogP contribution in [0.2, 0.25) is 0 Å². The third-order valence-corrected chi connectivity index (χ3v) is 1.44. The predicted octanol–water partition coefficient (Wildman–Crippen LogP) is -2.52. The van der Waals surface area contributed by atoms with Crippen LogP contribution >= 0.6 is 0 Å². The van der Waals surface area contributed by atoms with E-state index in [-0.39, 0.29) is 18.2 Å². The van der Waals surface area contributed by atoms with E-state index in [1.54, 1.807) is 27.8 Å². The van der Waals surface area contributed by atoms with Crippen molar-refractivity contribution in [1.82, 2.24) is 4.98 Å². The zero-order valence-electron chi connectivity index (χ0n) is 6.01. The van der Waals surface area contributed by atoms with E-state index in [1.807, 2.05) is 0 Å². The van der Waals surface area contributed by atoms with Crippen LogP contribution in [0.25, 0.3) is 0 Å². The van der Waals surface area contributed by atoms with Gasteiger partial charge in [0.05, 0.1) is 0 Å². The fourth-order valence-corrected chi connectivity index (χ4v) is 0.793. The summed E-state index contributed by atoms with van der Waals surface area (Å²) in [6, 6.07) is 3.08. The third kappa shape index (κ3) is 4.03. The van der Waals surface area contributed by atoms with Gasteiger partial charge in [-0.15, -0.1) is 0 Å². The Bertz CT molecular complexity index is 231. The molecule has 0 bridgehead atoms. The monoisotopic (exact) mass is 203 g/mol. The Labute approximate surface area is 87.2 Å². The second-order valence-electron chi connectivity index (χ2n) is 1.86. The van der Waals surface area contributed by atoms with Gasteiger partial charge in [-0.3, -0.25) is 0 Å². The van der Waals surface area contributed by atoms with E-state index in [9.17, 15) is 8.78 Å². The topological polar surface area (TPSA) is 22.1 Å². The van der Waals surface area contributed by atoms with Crippen LogP contribution in [-0.2, 0) is 0 Å². The van der Waals surface area contributed by atoms with E-state index in [0.29, 0.717) is 0 Å². The molecule has 12 heavy (non-hydrogen) atoms. The van der Waals surface area contributed by atoms with E-state index >= 15 is 0 Å². The van der Waals surface area contributed by atoms with E-state index in [4.69, 9.17) is 0 Å². The standard InChI is InChI=1S/C6H4F2NO.ClH.Mg/c7-6(8)10-5-2-1-3-9-4-5;;/h1-2,4,6H;1H;/q;;+1/p-1. The molecule has 0 saturated carbocycles. The number of halogens is 3. The second-order valence-corrected chi connectivity index (χ2v) is 2.59. The summed E-state index contributed by atoms with van der Waals surface area (Å²) in [5, 5.41) is 0. The minimum Gasteiger partial charge on any atom is -1.00 e.